The second kappa shape index (κ2) is 6.72. The van der Waals surface area contributed by atoms with Crippen LogP contribution in [0, 0.1) is 10.1 Å². The van der Waals surface area contributed by atoms with Gasteiger partial charge in [-0.15, -0.1) is 11.8 Å². The van der Waals surface area contributed by atoms with E-state index < -0.39 is 4.92 Å². The average molecular weight is 338 g/mol. The minimum absolute atomic E-state index is 0.0620. The molecule has 0 aliphatic heterocycles. The van der Waals surface area contributed by atoms with Crippen LogP contribution in [-0.4, -0.2) is 17.1 Å². The summed E-state index contributed by atoms with van der Waals surface area (Å²) < 4.78 is 0. The quantitative estimate of drug-likeness (QED) is 0.424. The largest absolute Gasteiger partial charge is 0.321 e. The molecule has 6 heteroatoms. The van der Waals surface area contributed by atoms with E-state index >= 15 is 0 Å². The lowest BCUT2D eigenvalue weighted by atomic mass is 10.1. The number of nitro groups is 1. The normalized spacial score (nSPS) is 10.5. The Morgan fingerprint density at radius 2 is 1.83 bits per heavy atom. The van der Waals surface area contributed by atoms with Crippen molar-refractivity contribution in [3.63, 3.8) is 0 Å². The number of fused-ring (bicyclic) bond motifs is 1. The first kappa shape index (κ1) is 16.0. The lowest BCUT2D eigenvalue weighted by Crippen LogP contribution is -2.12. The zero-order valence-corrected chi connectivity index (χ0v) is 13.7. The van der Waals surface area contributed by atoms with Crippen molar-refractivity contribution in [2.75, 3.05) is 11.6 Å². The van der Waals surface area contributed by atoms with Crippen molar-refractivity contribution in [1.82, 2.24) is 0 Å². The minimum Gasteiger partial charge on any atom is -0.321 e. The molecule has 1 amide bonds. The third kappa shape index (κ3) is 3.09. The van der Waals surface area contributed by atoms with Crippen LogP contribution in [0.5, 0.6) is 0 Å². The maximum Gasteiger partial charge on any atom is 0.283 e. The van der Waals surface area contributed by atoms with E-state index in [4.69, 9.17) is 0 Å². The predicted molar refractivity (Wildman–Crippen MR) is 96.8 cm³/mol. The Bertz CT molecular complexity index is 935. The molecule has 24 heavy (non-hydrogen) atoms. The number of amides is 1. The number of rotatable bonds is 4. The van der Waals surface area contributed by atoms with E-state index in [1.807, 2.05) is 42.5 Å². The molecule has 0 aromatic heterocycles. The molecule has 0 heterocycles. The number of nitrogens with zero attached hydrogens (tertiary/aromatic N) is 1. The van der Waals surface area contributed by atoms with Crippen LogP contribution in [-0.2, 0) is 0 Å². The van der Waals surface area contributed by atoms with Gasteiger partial charge < -0.3 is 5.32 Å². The molecule has 0 unspecified atom stereocenters. The Labute approximate surface area is 142 Å². The Balaban J connectivity index is 1.95. The maximum atomic E-state index is 12.5. The minimum atomic E-state index is -0.472. The third-order valence-corrected chi connectivity index (χ3v) is 4.46. The van der Waals surface area contributed by atoms with E-state index in [0.29, 0.717) is 10.6 Å². The van der Waals surface area contributed by atoms with Gasteiger partial charge in [0.2, 0.25) is 0 Å². The summed E-state index contributed by atoms with van der Waals surface area (Å²) in [6.07, 6.45) is 1.76. The van der Waals surface area contributed by atoms with Crippen molar-refractivity contribution in [2.45, 2.75) is 4.90 Å². The van der Waals surface area contributed by atoms with Gasteiger partial charge in [0.05, 0.1) is 9.82 Å². The molecule has 0 aliphatic carbocycles. The van der Waals surface area contributed by atoms with Gasteiger partial charge in [0.25, 0.3) is 11.6 Å². The van der Waals surface area contributed by atoms with E-state index in [0.717, 1.165) is 10.8 Å². The molecule has 0 spiro atoms. The lowest BCUT2D eigenvalue weighted by molar-refractivity contribution is -0.387. The number of nitro benzene ring substituents is 1. The summed E-state index contributed by atoms with van der Waals surface area (Å²) in [5.41, 5.74) is 0.871. The molecule has 0 saturated carbocycles. The van der Waals surface area contributed by atoms with E-state index in [1.165, 1.54) is 17.8 Å². The molecule has 0 saturated heterocycles. The highest BCUT2D eigenvalue weighted by molar-refractivity contribution is 7.98. The number of hydrogen-bond donors (Lipinski definition) is 1. The van der Waals surface area contributed by atoms with Crippen LogP contribution in [0.25, 0.3) is 10.8 Å². The Kier molecular flexibility index (Phi) is 4.48. The molecule has 0 atom stereocenters. The van der Waals surface area contributed by atoms with Gasteiger partial charge in [0, 0.05) is 22.7 Å². The molecule has 3 rings (SSSR count). The van der Waals surface area contributed by atoms with E-state index in [-0.39, 0.29) is 17.2 Å². The first-order valence-corrected chi connectivity index (χ1v) is 8.44. The van der Waals surface area contributed by atoms with Crippen LogP contribution in [0.3, 0.4) is 0 Å². The number of thioether (sulfide) groups is 1. The Morgan fingerprint density at radius 1 is 1.08 bits per heavy atom. The van der Waals surface area contributed by atoms with Crippen molar-refractivity contribution in [3.05, 3.63) is 76.3 Å². The molecule has 5 nitrogen and oxygen atoms in total. The lowest BCUT2D eigenvalue weighted by Gasteiger charge is -2.09. The number of nitrogens with one attached hydrogen (secondary N) is 1. The molecule has 3 aromatic carbocycles. The predicted octanol–water partition coefficient (Wildman–Crippen LogP) is 4.72. The topological polar surface area (TPSA) is 72.2 Å². The Morgan fingerprint density at radius 3 is 2.58 bits per heavy atom. The third-order valence-electron chi connectivity index (χ3n) is 3.68. The summed E-state index contributed by atoms with van der Waals surface area (Å²) in [6.45, 7) is 0. The van der Waals surface area contributed by atoms with Crippen LogP contribution >= 0.6 is 11.8 Å². The van der Waals surface area contributed by atoms with Gasteiger partial charge >= 0.3 is 0 Å². The van der Waals surface area contributed by atoms with Crippen molar-refractivity contribution in [2.24, 2.45) is 0 Å². The number of hydrogen-bond acceptors (Lipinski definition) is 4. The summed E-state index contributed by atoms with van der Waals surface area (Å²) in [7, 11) is 0. The van der Waals surface area contributed by atoms with Crippen molar-refractivity contribution >= 4 is 39.8 Å². The highest BCUT2D eigenvalue weighted by Crippen LogP contribution is 2.29. The van der Waals surface area contributed by atoms with Gasteiger partial charge in [-0.25, -0.2) is 0 Å². The number of carbonyl (C=O) groups is 1. The summed E-state index contributed by atoms with van der Waals surface area (Å²) in [4.78, 5) is 23.7. The van der Waals surface area contributed by atoms with E-state index in [1.54, 1.807) is 18.4 Å². The zero-order valence-electron chi connectivity index (χ0n) is 12.9. The number of anilines is 1. The second-order valence-corrected chi connectivity index (χ2v) is 5.97. The van der Waals surface area contributed by atoms with Gasteiger partial charge in [-0.05, 0) is 29.8 Å². The first-order chi connectivity index (χ1) is 11.6. The highest BCUT2D eigenvalue weighted by atomic mass is 32.2. The fraction of sp³-hybridized carbons (Fsp3) is 0.0556. The number of carbonyl (C=O) groups excluding carboxylic acids is 1. The fourth-order valence-electron chi connectivity index (χ4n) is 2.50. The van der Waals surface area contributed by atoms with Gasteiger partial charge in [-0.3, -0.25) is 14.9 Å². The van der Waals surface area contributed by atoms with Crippen LogP contribution in [0.1, 0.15) is 10.4 Å². The molecule has 0 bridgehead atoms. The van der Waals surface area contributed by atoms with Gasteiger partial charge in [-0.2, -0.15) is 0 Å². The molecule has 0 radical (unpaired) electrons. The van der Waals surface area contributed by atoms with Crippen LogP contribution < -0.4 is 5.32 Å². The monoisotopic (exact) mass is 338 g/mol. The fourth-order valence-corrected chi connectivity index (χ4v) is 3.05. The smallest absolute Gasteiger partial charge is 0.283 e. The Hall–Kier alpha value is -2.86. The van der Waals surface area contributed by atoms with Crippen LogP contribution in [0.15, 0.2) is 65.6 Å². The molecule has 3 aromatic rings. The molecular weight excluding hydrogens is 324 g/mol. The van der Waals surface area contributed by atoms with E-state index in [9.17, 15) is 14.9 Å². The van der Waals surface area contributed by atoms with Crippen molar-refractivity contribution in [3.8, 4) is 0 Å². The summed E-state index contributed by atoms with van der Waals surface area (Å²) in [5, 5.41) is 15.9. The molecule has 0 aliphatic rings. The average Bonchev–Trinajstić information content (AvgIpc) is 2.61. The maximum absolute atomic E-state index is 12.5. The van der Waals surface area contributed by atoms with Crippen LogP contribution in [0.2, 0.25) is 0 Å². The SMILES string of the molecule is CSc1ccc(C(=O)Nc2cccc3ccccc23)cc1[N+](=O)[O-]. The molecule has 120 valence electrons. The van der Waals surface area contributed by atoms with Crippen molar-refractivity contribution in [1.29, 1.82) is 0 Å². The molecule has 0 fully saturated rings. The van der Waals surface area contributed by atoms with Crippen LogP contribution in [0.4, 0.5) is 11.4 Å². The van der Waals surface area contributed by atoms with Gasteiger partial charge in [-0.1, -0.05) is 36.4 Å². The van der Waals surface area contributed by atoms with E-state index in [2.05, 4.69) is 5.32 Å². The standard InChI is InChI=1S/C18H14N2O3S/c1-24-17-10-9-13(11-16(17)20(22)23)18(21)19-15-8-4-6-12-5-2-3-7-14(12)15/h2-11H,1H3,(H,19,21). The zero-order chi connectivity index (χ0) is 17.1. The van der Waals surface area contributed by atoms with Crippen molar-refractivity contribution < 1.29 is 9.72 Å². The molecule has 1 N–H and O–H groups in total. The van der Waals surface area contributed by atoms with Gasteiger partial charge in [0.15, 0.2) is 0 Å². The second-order valence-electron chi connectivity index (χ2n) is 5.12. The van der Waals surface area contributed by atoms with Gasteiger partial charge in [0.1, 0.15) is 0 Å². The highest BCUT2D eigenvalue weighted by Gasteiger charge is 2.17. The number of benzene rings is 3. The summed E-state index contributed by atoms with van der Waals surface area (Å²) >= 11 is 1.28. The first-order valence-electron chi connectivity index (χ1n) is 7.21. The summed E-state index contributed by atoms with van der Waals surface area (Å²) in [5.74, 6) is -0.373. The summed E-state index contributed by atoms with van der Waals surface area (Å²) in [6, 6.07) is 17.8. The molecular formula is C18H14N2O3S.